The highest BCUT2D eigenvalue weighted by molar-refractivity contribution is 5.21. The maximum absolute atomic E-state index is 6.22. The van der Waals surface area contributed by atoms with Crippen LogP contribution in [-0.2, 0) is 18.3 Å². The van der Waals surface area contributed by atoms with E-state index in [0.717, 1.165) is 50.3 Å². The molecule has 2 fully saturated rings. The summed E-state index contributed by atoms with van der Waals surface area (Å²) < 4.78 is 14.3. The Balaban J connectivity index is 1.29. The molecule has 1 unspecified atom stereocenters. The summed E-state index contributed by atoms with van der Waals surface area (Å²) in [5, 5.41) is 4.58. The molecule has 1 atom stereocenters. The zero-order chi connectivity index (χ0) is 17.3. The van der Waals surface area contributed by atoms with Gasteiger partial charge in [-0.3, -0.25) is 9.58 Å². The van der Waals surface area contributed by atoms with Crippen LogP contribution in [0.2, 0.25) is 0 Å². The van der Waals surface area contributed by atoms with Crippen molar-refractivity contribution in [1.29, 1.82) is 0 Å². The predicted octanol–water partition coefficient (Wildman–Crippen LogP) is 2.93. The molecule has 3 heterocycles. The molecule has 0 amide bonds. The first-order valence-electron chi connectivity index (χ1n) is 9.19. The van der Waals surface area contributed by atoms with Gasteiger partial charge in [0.25, 0.3) is 0 Å². The monoisotopic (exact) mass is 341 g/mol. The van der Waals surface area contributed by atoms with Gasteiger partial charge in [-0.25, -0.2) is 0 Å². The van der Waals surface area contributed by atoms with Gasteiger partial charge < -0.3 is 9.47 Å². The lowest BCUT2D eigenvalue weighted by atomic mass is 9.88. The van der Waals surface area contributed by atoms with Crippen LogP contribution in [0, 0.1) is 6.92 Å². The molecule has 5 nitrogen and oxygen atoms in total. The zero-order valence-corrected chi connectivity index (χ0v) is 15.1. The van der Waals surface area contributed by atoms with E-state index in [0.29, 0.717) is 6.61 Å². The van der Waals surface area contributed by atoms with Crippen LogP contribution in [0.4, 0.5) is 0 Å². The Morgan fingerprint density at radius 3 is 2.68 bits per heavy atom. The van der Waals surface area contributed by atoms with Crippen LogP contribution in [0.25, 0.3) is 0 Å². The molecule has 2 saturated heterocycles. The number of hydrogen-bond donors (Lipinski definition) is 0. The summed E-state index contributed by atoms with van der Waals surface area (Å²) in [4.78, 5) is 2.49. The van der Waals surface area contributed by atoms with Crippen molar-refractivity contribution in [3.63, 3.8) is 0 Å². The Hall–Kier alpha value is -1.85. The molecule has 1 aromatic heterocycles. The molecule has 0 saturated carbocycles. The molecule has 134 valence electrons. The second kappa shape index (κ2) is 6.81. The quantitative estimate of drug-likeness (QED) is 0.857. The maximum atomic E-state index is 6.22. The summed E-state index contributed by atoms with van der Waals surface area (Å²) in [6, 6.07) is 12.3. The Kier molecular flexibility index (Phi) is 4.52. The van der Waals surface area contributed by atoms with Crippen LogP contribution in [0.3, 0.4) is 0 Å². The van der Waals surface area contributed by atoms with Crippen molar-refractivity contribution in [3.8, 4) is 5.75 Å². The van der Waals surface area contributed by atoms with E-state index in [1.165, 1.54) is 5.69 Å². The standard InChI is InChI=1S/C20H27N3O2/c1-16-12-17(21-22(16)2)14-23-10-8-20(9-11-23)13-19(15-24-20)25-18-6-4-3-5-7-18/h3-7,12,19H,8-11,13-15H2,1-2H3. The molecule has 5 heteroatoms. The van der Waals surface area contributed by atoms with Crippen LogP contribution < -0.4 is 4.74 Å². The molecular formula is C20H27N3O2. The molecular weight excluding hydrogens is 314 g/mol. The van der Waals surface area contributed by atoms with E-state index < -0.39 is 0 Å². The Morgan fingerprint density at radius 2 is 2.00 bits per heavy atom. The van der Waals surface area contributed by atoms with Gasteiger partial charge in [0.05, 0.1) is 17.9 Å². The van der Waals surface area contributed by atoms with Crippen molar-refractivity contribution in [2.75, 3.05) is 19.7 Å². The highest BCUT2D eigenvalue weighted by Crippen LogP contribution is 2.37. The van der Waals surface area contributed by atoms with Crippen LogP contribution >= 0.6 is 0 Å². The number of ether oxygens (including phenoxy) is 2. The van der Waals surface area contributed by atoms with E-state index in [1.54, 1.807) is 0 Å². The van der Waals surface area contributed by atoms with Gasteiger partial charge in [-0.05, 0) is 38.0 Å². The first-order chi connectivity index (χ1) is 12.1. The first kappa shape index (κ1) is 16.6. The topological polar surface area (TPSA) is 39.5 Å². The van der Waals surface area contributed by atoms with E-state index >= 15 is 0 Å². The molecule has 25 heavy (non-hydrogen) atoms. The summed E-state index contributed by atoms with van der Waals surface area (Å²) in [5.41, 5.74) is 2.38. The fourth-order valence-electron chi connectivity index (χ4n) is 3.98. The molecule has 1 aromatic carbocycles. The Labute approximate surface area is 149 Å². The summed E-state index contributed by atoms with van der Waals surface area (Å²) in [5.74, 6) is 0.941. The normalized spacial score (nSPS) is 23.2. The molecule has 1 spiro atoms. The van der Waals surface area contributed by atoms with E-state index in [9.17, 15) is 0 Å². The van der Waals surface area contributed by atoms with Crippen molar-refractivity contribution in [2.45, 2.75) is 44.4 Å². The number of aryl methyl sites for hydroxylation is 2. The van der Waals surface area contributed by atoms with Crippen molar-refractivity contribution < 1.29 is 9.47 Å². The predicted molar refractivity (Wildman–Crippen MR) is 96.6 cm³/mol. The highest BCUT2D eigenvalue weighted by Gasteiger charge is 2.43. The number of aromatic nitrogens is 2. The van der Waals surface area contributed by atoms with E-state index in [1.807, 2.05) is 42.1 Å². The molecule has 0 bridgehead atoms. The van der Waals surface area contributed by atoms with Gasteiger partial charge in [-0.15, -0.1) is 0 Å². The number of rotatable bonds is 4. The van der Waals surface area contributed by atoms with Gasteiger partial charge in [0.15, 0.2) is 0 Å². The smallest absolute Gasteiger partial charge is 0.125 e. The molecule has 2 aliphatic rings. The van der Waals surface area contributed by atoms with Crippen molar-refractivity contribution in [2.24, 2.45) is 7.05 Å². The number of hydrogen-bond acceptors (Lipinski definition) is 4. The van der Waals surface area contributed by atoms with Crippen LogP contribution in [0.15, 0.2) is 36.4 Å². The number of likely N-dealkylation sites (tertiary alicyclic amines) is 1. The highest BCUT2D eigenvalue weighted by atomic mass is 16.6. The molecule has 0 aliphatic carbocycles. The second-order valence-electron chi connectivity index (χ2n) is 7.43. The summed E-state index contributed by atoms with van der Waals surface area (Å²) in [6.07, 6.45) is 3.33. The number of benzene rings is 1. The maximum Gasteiger partial charge on any atom is 0.125 e. The molecule has 0 radical (unpaired) electrons. The third-order valence-corrected chi connectivity index (χ3v) is 5.54. The summed E-state index contributed by atoms with van der Waals surface area (Å²) in [7, 11) is 2.00. The lowest BCUT2D eigenvalue weighted by molar-refractivity contribution is -0.0456. The van der Waals surface area contributed by atoms with Crippen LogP contribution in [0.5, 0.6) is 5.75 Å². The summed E-state index contributed by atoms with van der Waals surface area (Å²) >= 11 is 0. The number of piperidine rings is 1. The minimum atomic E-state index is 0.00990. The third-order valence-electron chi connectivity index (χ3n) is 5.54. The second-order valence-corrected chi connectivity index (χ2v) is 7.43. The fourth-order valence-corrected chi connectivity index (χ4v) is 3.98. The van der Waals surface area contributed by atoms with Crippen molar-refractivity contribution in [3.05, 3.63) is 47.8 Å². The Morgan fingerprint density at radius 1 is 1.24 bits per heavy atom. The molecule has 2 aliphatic heterocycles. The SMILES string of the molecule is Cc1cc(CN2CCC3(CC2)CC(Oc2ccccc2)CO3)nn1C. The van der Waals surface area contributed by atoms with E-state index in [4.69, 9.17) is 9.47 Å². The van der Waals surface area contributed by atoms with Gasteiger partial charge in [0, 0.05) is 38.8 Å². The van der Waals surface area contributed by atoms with Gasteiger partial charge in [-0.1, -0.05) is 18.2 Å². The lowest BCUT2D eigenvalue weighted by Crippen LogP contribution is -2.44. The van der Waals surface area contributed by atoms with Gasteiger partial charge in [-0.2, -0.15) is 5.10 Å². The number of nitrogens with zero attached hydrogens (tertiary/aromatic N) is 3. The van der Waals surface area contributed by atoms with Crippen molar-refractivity contribution in [1.82, 2.24) is 14.7 Å². The Bertz CT molecular complexity index is 685. The first-order valence-corrected chi connectivity index (χ1v) is 9.19. The molecule has 4 rings (SSSR count). The minimum Gasteiger partial charge on any atom is -0.488 e. The van der Waals surface area contributed by atoms with Gasteiger partial charge in [0.1, 0.15) is 11.9 Å². The van der Waals surface area contributed by atoms with Crippen molar-refractivity contribution >= 4 is 0 Å². The fraction of sp³-hybridized carbons (Fsp3) is 0.550. The molecule has 0 N–H and O–H groups in total. The molecule has 2 aromatic rings. The average molecular weight is 341 g/mol. The van der Waals surface area contributed by atoms with Gasteiger partial charge in [0.2, 0.25) is 0 Å². The van der Waals surface area contributed by atoms with E-state index in [2.05, 4.69) is 23.0 Å². The summed E-state index contributed by atoms with van der Waals surface area (Å²) in [6.45, 7) is 5.86. The van der Waals surface area contributed by atoms with Crippen LogP contribution in [0.1, 0.15) is 30.7 Å². The number of para-hydroxylation sites is 1. The lowest BCUT2D eigenvalue weighted by Gasteiger charge is -2.38. The van der Waals surface area contributed by atoms with Gasteiger partial charge >= 0.3 is 0 Å². The average Bonchev–Trinajstić information content (AvgIpc) is 3.14. The minimum absolute atomic E-state index is 0.00990. The zero-order valence-electron chi connectivity index (χ0n) is 15.1. The third kappa shape index (κ3) is 3.72. The van der Waals surface area contributed by atoms with E-state index in [-0.39, 0.29) is 11.7 Å². The van der Waals surface area contributed by atoms with Crippen LogP contribution in [-0.4, -0.2) is 46.1 Å². The largest absolute Gasteiger partial charge is 0.488 e.